The molecule has 3 rings (SSSR count). The van der Waals surface area contributed by atoms with Crippen molar-refractivity contribution in [3.8, 4) is 0 Å². The van der Waals surface area contributed by atoms with Gasteiger partial charge in [0.25, 0.3) is 0 Å². The van der Waals surface area contributed by atoms with Gasteiger partial charge in [0.1, 0.15) is 11.6 Å². The second-order valence-corrected chi connectivity index (χ2v) is 5.81. The van der Waals surface area contributed by atoms with Crippen LogP contribution in [-0.2, 0) is 9.59 Å². The second-order valence-electron chi connectivity index (χ2n) is 5.81. The summed E-state index contributed by atoms with van der Waals surface area (Å²) in [4.78, 5) is 30.0. The van der Waals surface area contributed by atoms with Crippen molar-refractivity contribution in [2.45, 2.75) is 13.0 Å². The highest BCUT2D eigenvalue weighted by Crippen LogP contribution is 2.24. The molecular weight excluding hydrogens is 375 g/mol. The van der Waals surface area contributed by atoms with Crippen LogP contribution in [0, 0.1) is 5.82 Å². The number of anilines is 2. The first kappa shape index (κ1) is 20.1. The quantitative estimate of drug-likeness (QED) is 0.591. The number of nitrogens with two attached hydrogens (primary N) is 1. The molecule has 4 N–H and O–H groups in total. The monoisotopic (exact) mass is 392 g/mol. The van der Waals surface area contributed by atoms with Crippen LogP contribution in [-0.4, -0.2) is 38.9 Å². The van der Waals surface area contributed by atoms with E-state index in [1.807, 2.05) is 0 Å². The zero-order valence-corrected chi connectivity index (χ0v) is 15.4. The molecule has 1 atom stereocenters. The zero-order valence-electron chi connectivity index (χ0n) is 14.6. The second kappa shape index (κ2) is 8.00. The third-order valence-corrected chi connectivity index (χ3v) is 4.21. The van der Waals surface area contributed by atoms with E-state index >= 15 is 0 Å². The predicted molar refractivity (Wildman–Crippen MR) is 102 cm³/mol. The Hall–Kier alpha value is -3.20. The lowest BCUT2D eigenvalue weighted by Crippen LogP contribution is -2.38. The van der Waals surface area contributed by atoms with Crippen LogP contribution in [0.4, 0.5) is 15.9 Å². The van der Waals surface area contributed by atoms with E-state index in [1.165, 1.54) is 36.5 Å². The van der Waals surface area contributed by atoms with E-state index in [2.05, 4.69) is 20.5 Å². The summed E-state index contributed by atoms with van der Waals surface area (Å²) in [5.74, 6) is -1.68. The first-order chi connectivity index (χ1) is 12.4. The number of amides is 2. The largest absolute Gasteiger partial charge is 0.383 e. The number of rotatable bonds is 3. The van der Waals surface area contributed by atoms with E-state index in [0.29, 0.717) is 22.2 Å². The summed E-state index contributed by atoms with van der Waals surface area (Å²) in [5.41, 5.74) is 7.22. The van der Waals surface area contributed by atoms with E-state index in [9.17, 15) is 14.0 Å². The molecular formula is C17H18ClFN6O2. The van der Waals surface area contributed by atoms with Crippen LogP contribution in [0.1, 0.15) is 18.5 Å². The highest BCUT2D eigenvalue weighted by molar-refractivity contribution is 6.40. The molecule has 0 saturated carbocycles. The summed E-state index contributed by atoms with van der Waals surface area (Å²) in [6.07, 6.45) is 2.84. The Kier molecular flexibility index (Phi) is 5.96. The third-order valence-electron chi connectivity index (χ3n) is 4.21. The molecule has 0 fully saturated rings. The summed E-state index contributed by atoms with van der Waals surface area (Å²) in [7, 11) is 1.50. The maximum Gasteiger partial charge on any atom is 0.314 e. The van der Waals surface area contributed by atoms with Crippen LogP contribution in [0.25, 0.3) is 10.9 Å². The molecule has 0 bridgehead atoms. The number of benzene rings is 1. The topological polar surface area (TPSA) is 117 Å². The van der Waals surface area contributed by atoms with Gasteiger partial charge < -0.3 is 16.0 Å². The van der Waals surface area contributed by atoms with E-state index < -0.39 is 17.9 Å². The number of hydrogen-bond acceptors (Lipinski definition) is 5. The molecule has 3 aromatic rings. The summed E-state index contributed by atoms with van der Waals surface area (Å²) in [6.45, 7) is 1.75. The number of carbonyl (C=O) groups is 2. The van der Waals surface area contributed by atoms with Gasteiger partial charge in [-0.3, -0.25) is 14.7 Å². The van der Waals surface area contributed by atoms with E-state index in [1.54, 1.807) is 19.1 Å². The molecule has 2 aromatic heterocycles. The SMILES string of the molecule is C[C@H](c1ccc(F)cc1)N(C)C(=O)C(=O)Nc1cnc(N)c2cn[nH]c12.Cl. The molecule has 0 radical (unpaired) electrons. The number of likely N-dealkylation sites (N-methyl/N-ethyl adjacent to an activating group) is 1. The minimum Gasteiger partial charge on any atom is -0.383 e. The molecule has 27 heavy (non-hydrogen) atoms. The van der Waals surface area contributed by atoms with Gasteiger partial charge in [0, 0.05) is 7.05 Å². The van der Waals surface area contributed by atoms with E-state index in [-0.39, 0.29) is 24.0 Å². The van der Waals surface area contributed by atoms with Crippen molar-refractivity contribution in [1.82, 2.24) is 20.1 Å². The smallest absolute Gasteiger partial charge is 0.314 e. The lowest BCUT2D eigenvalue weighted by molar-refractivity contribution is -0.143. The summed E-state index contributed by atoms with van der Waals surface area (Å²) in [6, 6.07) is 5.34. The van der Waals surface area contributed by atoms with Gasteiger partial charge in [0.15, 0.2) is 0 Å². The number of aromatic amines is 1. The lowest BCUT2D eigenvalue weighted by Gasteiger charge is -2.24. The molecule has 0 unspecified atom stereocenters. The van der Waals surface area contributed by atoms with Gasteiger partial charge >= 0.3 is 11.8 Å². The molecule has 2 heterocycles. The molecule has 0 aliphatic heterocycles. The van der Waals surface area contributed by atoms with Gasteiger partial charge in [-0.05, 0) is 24.6 Å². The number of nitrogens with one attached hydrogen (secondary N) is 2. The molecule has 0 aliphatic rings. The number of pyridine rings is 1. The highest BCUT2D eigenvalue weighted by Gasteiger charge is 2.24. The van der Waals surface area contributed by atoms with Gasteiger partial charge in [0.05, 0.1) is 35.0 Å². The average molecular weight is 393 g/mol. The van der Waals surface area contributed by atoms with Crippen molar-refractivity contribution in [1.29, 1.82) is 0 Å². The Bertz CT molecular complexity index is 975. The number of fused-ring (bicyclic) bond motifs is 1. The molecule has 8 nitrogen and oxygen atoms in total. The Morgan fingerprint density at radius 1 is 1.26 bits per heavy atom. The average Bonchev–Trinajstić information content (AvgIpc) is 3.13. The number of halogens is 2. The first-order valence-corrected chi connectivity index (χ1v) is 7.79. The number of hydrogen-bond donors (Lipinski definition) is 3. The number of aromatic nitrogens is 3. The fourth-order valence-corrected chi connectivity index (χ4v) is 2.53. The van der Waals surface area contributed by atoms with Crippen LogP contribution >= 0.6 is 12.4 Å². The van der Waals surface area contributed by atoms with Crippen LogP contribution in [0.5, 0.6) is 0 Å². The van der Waals surface area contributed by atoms with Gasteiger partial charge in [-0.15, -0.1) is 12.4 Å². The summed E-state index contributed by atoms with van der Waals surface area (Å²) < 4.78 is 13.0. The number of carbonyl (C=O) groups excluding carboxylic acids is 2. The minimum absolute atomic E-state index is 0. The Morgan fingerprint density at radius 3 is 2.59 bits per heavy atom. The van der Waals surface area contributed by atoms with Crippen molar-refractivity contribution in [3.63, 3.8) is 0 Å². The molecule has 142 valence electrons. The van der Waals surface area contributed by atoms with Crippen molar-refractivity contribution in [2.24, 2.45) is 0 Å². The maximum absolute atomic E-state index is 13.0. The van der Waals surface area contributed by atoms with Gasteiger partial charge in [-0.1, -0.05) is 12.1 Å². The van der Waals surface area contributed by atoms with Crippen LogP contribution in [0.3, 0.4) is 0 Å². The van der Waals surface area contributed by atoms with Crippen LogP contribution in [0.15, 0.2) is 36.7 Å². The Labute approximate surface area is 160 Å². The standard InChI is InChI=1S/C17H17FN6O2.ClH/c1-9(10-3-5-11(18)6-4-10)24(2)17(26)16(25)22-13-8-20-15(19)12-7-21-23-14(12)13;/h3-9H,1-2H3,(H2,19,20)(H,21,23)(H,22,25);1H/t9-;/m1./s1. The molecule has 2 amide bonds. The number of nitrogens with zero attached hydrogens (tertiary/aromatic N) is 3. The Morgan fingerprint density at radius 2 is 1.93 bits per heavy atom. The molecule has 10 heteroatoms. The van der Waals surface area contributed by atoms with E-state index in [4.69, 9.17) is 5.73 Å². The molecule has 0 spiro atoms. The normalized spacial score (nSPS) is 11.5. The number of H-pyrrole nitrogens is 1. The van der Waals surface area contributed by atoms with Crippen LogP contribution < -0.4 is 11.1 Å². The van der Waals surface area contributed by atoms with Crippen LogP contribution in [0.2, 0.25) is 0 Å². The predicted octanol–water partition coefficient (Wildman–Crippen LogP) is 2.26. The van der Waals surface area contributed by atoms with Crippen molar-refractivity contribution in [2.75, 3.05) is 18.1 Å². The first-order valence-electron chi connectivity index (χ1n) is 7.79. The lowest BCUT2D eigenvalue weighted by atomic mass is 10.1. The summed E-state index contributed by atoms with van der Waals surface area (Å²) >= 11 is 0. The highest BCUT2D eigenvalue weighted by atomic mass is 35.5. The van der Waals surface area contributed by atoms with Gasteiger partial charge in [0.2, 0.25) is 0 Å². The zero-order chi connectivity index (χ0) is 18.8. The number of nitrogen functional groups attached to an aromatic ring is 1. The third kappa shape index (κ3) is 3.98. The molecule has 1 aromatic carbocycles. The maximum atomic E-state index is 13.0. The fourth-order valence-electron chi connectivity index (χ4n) is 2.53. The molecule has 0 aliphatic carbocycles. The summed E-state index contributed by atoms with van der Waals surface area (Å²) in [5, 5.41) is 9.63. The van der Waals surface area contributed by atoms with E-state index in [0.717, 1.165) is 0 Å². The molecule has 0 saturated heterocycles. The fraction of sp³-hybridized carbons (Fsp3) is 0.176. The van der Waals surface area contributed by atoms with Gasteiger partial charge in [-0.2, -0.15) is 5.10 Å². The van der Waals surface area contributed by atoms with Gasteiger partial charge in [-0.25, -0.2) is 9.37 Å². The van der Waals surface area contributed by atoms with Crippen molar-refractivity contribution >= 4 is 46.6 Å². The minimum atomic E-state index is -0.830. The van der Waals surface area contributed by atoms with Crippen molar-refractivity contribution < 1.29 is 14.0 Å². The van der Waals surface area contributed by atoms with Crippen molar-refractivity contribution in [3.05, 3.63) is 48.0 Å². The Balaban J connectivity index is 0.00000261.